The first kappa shape index (κ1) is 9.29. The summed E-state index contributed by atoms with van der Waals surface area (Å²) in [5.41, 5.74) is -0.0556. The molecule has 1 N–H and O–H groups in total. The molecular formula is C7H13NOS2. The summed E-state index contributed by atoms with van der Waals surface area (Å²) in [6.07, 6.45) is -0.396. The molecule has 0 aromatic carbocycles. The van der Waals surface area contributed by atoms with Crippen LogP contribution in [0.1, 0.15) is 20.8 Å². The second-order valence-corrected chi connectivity index (χ2v) is 5.25. The minimum absolute atomic E-state index is 0.0556. The highest BCUT2D eigenvalue weighted by molar-refractivity contribution is 8.23. The Morgan fingerprint density at radius 2 is 2.18 bits per heavy atom. The second kappa shape index (κ2) is 2.92. The summed E-state index contributed by atoms with van der Waals surface area (Å²) in [6.45, 7) is 6.15. The third-order valence-electron chi connectivity index (χ3n) is 1.57. The van der Waals surface area contributed by atoms with Crippen molar-refractivity contribution < 1.29 is 5.11 Å². The van der Waals surface area contributed by atoms with E-state index in [2.05, 4.69) is 20.8 Å². The van der Waals surface area contributed by atoms with Crippen LogP contribution in [0.3, 0.4) is 0 Å². The molecule has 64 valence electrons. The molecule has 1 heterocycles. The molecule has 0 bridgehead atoms. The molecule has 1 unspecified atom stereocenters. The van der Waals surface area contributed by atoms with E-state index in [4.69, 9.17) is 12.2 Å². The van der Waals surface area contributed by atoms with E-state index in [1.807, 2.05) is 4.90 Å². The number of aliphatic hydroxyl groups excluding tert-OH is 1. The fourth-order valence-electron chi connectivity index (χ4n) is 1.13. The van der Waals surface area contributed by atoms with E-state index in [0.717, 1.165) is 4.32 Å². The summed E-state index contributed by atoms with van der Waals surface area (Å²) < 4.78 is 0.810. The minimum atomic E-state index is -0.396. The molecule has 4 heteroatoms. The molecule has 0 aliphatic carbocycles. The van der Waals surface area contributed by atoms with Crippen LogP contribution >= 0.6 is 24.0 Å². The van der Waals surface area contributed by atoms with Gasteiger partial charge < -0.3 is 10.0 Å². The van der Waals surface area contributed by atoms with Crippen molar-refractivity contribution in [3.8, 4) is 0 Å². The zero-order valence-electron chi connectivity index (χ0n) is 7.00. The van der Waals surface area contributed by atoms with Crippen LogP contribution in [-0.4, -0.2) is 31.8 Å². The maximum atomic E-state index is 9.51. The molecule has 1 rings (SSSR count). The Balaban J connectivity index is 2.77. The number of thiocarbonyl (C=S) groups is 1. The summed E-state index contributed by atoms with van der Waals surface area (Å²) in [6, 6.07) is 0. The van der Waals surface area contributed by atoms with Crippen molar-refractivity contribution >= 4 is 28.3 Å². The van der Waals surface area contributed by atoms with E-state index in [1.54, 1.807) is 11.8 Å². The Hall–Kier alpha value is 0.200. The van der Waals surface area contributed by atoms with Crippen molar-refractivity contribution in [2.45, 2.75) is 32.5 Å². The summed E-state index contributed by atoms with van der Waals surface area (Å²) in [7, 11) is 0. The lowest BCUT2D eigenvalue weighted by atomic mass is 10.1. The average molecular weight is 191 g/mol. The highest BCUT2D eigenvalue weighted by Gasteiger charge is 2.34. The van der Waals surface area contributed by atoms with Gasteiger partial charge in [-0.25, -0.2) is 0 Å². The number of aliphatic hydroxyl groups is 1. The van der Waals surface area contributed by atoms with Crippen molar-refractivity contribution in [2.75, 3.05) is 5.75 Å². The van der Waals surface area contributed by atoms with Gasteiger partial charge >= 0.3 is 0 Å². The van der Waals surface area contributed by atoms with Crippen LogP contribution in [0.15, 0.2) is 0 Å². The summed E-state index contributed by atoms with van der Waals surface area (Å²) in [5, 5.41) is 9.51. The van der Waals surface area contributed by atoms with Crippen LogP contribution in [0, 0.1) is 0 Å². The molecule has 0 aromatic rings. The van der Waals surface area contributed by atoms with Gasteiger partial charge in [-0.3, -0.25) is 0 Å². The fourth-order valence-corrected chi connectivity index (χ4v) is 2.71. The van der Waals surface area contributed by atoms with Crippen LogP contribution < -0.4 is 0 Å². The van der Waals surface area contributed by atoms with E-state index in [9.17, 15) is 5.11 Å². The van der Waals surface area contributed by atoms with Crippen LogP contribution in [-0.2, 0) is 0 Å². The largest absolute Gasteiger partial charge is 0.373 e. The van der Waals surface area contributed by atoms with Gasteiger partial charge in [-0.1, -0.05) is 24.0 Å². The van der Waals surface area contributed by atoms with E-state index in [0.29, 0.717) is 5.75 Å². The van der Waals surface area contributed by atoms with Gasteiger partial charge in [0.15, 0.2) is 0 Å². The zero-order chi connectivity index (χ0) is 8.65. The molecule has 1 aliphatic rings. The minimum Gasteiger partial charge on any atom is -0.373 e. The van der Waals surface area contributed by atoms with Crippen molar-refractivity contribution in [3.05, 3.63) is 0 Å². The normalized spacial score (nSPS) is 26.4. The monoisotopic (exact) mass is 191 g/mol. The molecule has 0 spiro atoms. The van der Waals surface area contributed by atoms with Gasteiger partial charge in [0.25, 0.3) is 0 Å². The van der Waals surface area contributed by atoms with Crippen LogP contribution in [0.25, 0.3) is 0 Å². The SMILES string of the molecule is CC(C)(C)N1C(=S)SCC1O. The molecule has 0 aromatic heterocycles. The number of hydrogen-bond donors (Lipinski definition) is 1. The standard InChI is InChI=1S/C7H13NOS2/c1-7(2,3)8-5(9)4-11-6(8)10/h5,9H,4H2,1-3H3. The lowest BCUT2D eigenvalue weighted by molar-refractivity contribution is 0.0313. The van der Waals surface area contributed by atoms with Gasteiger partial charge in [0.05, 0.1) is 0 Å². The molecule has 1 saturated heterocycles. The first-order valence-electron chi connectivity index (χ1n) is 3.57. The first-order chi connectivity index (χ1) is 4.93. The lowest BCUT2D eigenvalue weighted by Gasteiger charge is -2.35. The number of thioether (sulfide) groups is 1. The Bertz CT molecular complexity index is 176. The maximum Gasteiger partial charge on any atom is 0.139 e. The lowest BCUT2D eigenvalue weighted by Crippen LogP contribution is -2.46. The first-order valence-corrected chi connectivity index (χ1v) is 4.96. The van der Waals surface area contributed by atoms with Crippen molar-refractivity contribution in [1.82, 2.24) is 4.90 Å². The molecule has 1 aliphatic heterocycles. The van der Waals surface area contributed by atoms with Crippen molar-refractivity contribution in [1.29, 1.82) is 0 Å². The summed E-state index contributed by atoms with van der Waals surface area (Å²) in [5.74, 6) is 0.704. The third kappa shape index (κ3) is 1.86. The van der Waals surface area contributed by atoms with Gasteiger partial charge in [-0.15, -0.1) is 0 Å². The highest BCUT2D eigenvalue weighted by Crippen LogP contribution is 2.29. The molecule has 0 amide bonds. The molecule has 11 heavy (non-hydrogen) atoms. The van der Waals surface area contributed by atoms with E-state index in [1.165, 1.54) is 0 Å². The molecule has 0 radical (unpaired) electrons. The van der Waals surface area contributed by atoms with Gasteiger partial charge in [-0.05, 0) is 20.8 Å². The average Bonchev–Trinajstić information content (AvgIpc) is 2.08. The zero-order valence-corrected chi connectivity index (χ0v) is 8.63. The molecule has 1 atom stereocenters. The molecule has 2 nitrogen and oxygen atoms in total. The van der Waals surface area contributed by atoms with E-state index in [-0.39, 0.29) is 5.54 Å². The van der Waals surface area contributed by atoms with E-state index >= 15 is 0 Å². The number of rotatable bonds is 0. The van der Waals surface area contributed by atoms with Gasteiger partial charge in [0.2, 0.25) is 0 Å². The Labute approximate surface area is 77.0 Å². The maximum absolute atomic E-state index is 9.51. The van der Waals surface area contributed by atoms with Crippen molar-refractivity contribution in [2.24, 2.45) is 0 Å². The van der Waals surface area contributed by atoms with Crippen molar-refractivity contribution in [3.63, 3.8) is 0 Å². The highest BCUT2D eigenvalue weighted by atomic mass is 32.2. The predicted octanol–water partition coefficient (Wildman–Crippen LogP) is 1.44. The Morgan fingerprint density at radius 3 is 2.36 bits per heavy atom. The predicted molar refractivity (Wildman–Crippen MR) is 52.7 cm³/mol. The fraction of sp³-hybridized carbons (Fsp3) is 0.857. The quantitative estimate of drug-likeness (QED) is 0.585. The molecule has 1 fully saturated rings. The smallest absolute Gasteiger partial charge is 0.139 e. The Morgan fingerprint density at radius 1 is 1.64 bits per heavy atom. The summed E-state index contributed by atoms with van der Waals surface area (Å²) >= 11 is 6.64. The van der Waals surface area contributed by atoms with Gasteiger partial charge in [0, 0.05) is 11.3 Å². The second-order valence-electron chi connectivity index (χ2n) is 3.60. The van der Waals surface area contributed by atoms with Crippen LogP contribution in [0.4, 0.5) is 0 Å². The Kier molecular flexibility index (Phi) is 2.46. The third-order valence-corrected chi connectivity index (χ3v) is 3.03. The van der Waals surface area contributed by atoms with Crippen LogP contribution in [0.2, 0.25) is 0 Å². The number of hydrogen-bond acceptors (Lipinski definition) is 3. The van der Waals surface area contributed by atoms with Gasteiger partial charge in [0.1, 0.15) is 10.5 Å². The van der Waals surface area contributed by atoms with Crippen LogP contribution in [0.5, 0.6) is 0 Å². The number of nitrogens with zero attached hydrogens (tertiary/aromatic N) is 1. The topological polar surface area (TPSA) is 23.5 Å². The van der Waals surface area contributed by atoms with Gasteiger partial charge in [-0.2, -0.15) is 0 Å². The molecule has 0 saturated carbocycles. The van der Waals surface area contributed by atoms with E-state index < -0.39 is 6.23 Å². The summed E-state index contributed by atoms with van der Waals surface area (Å²) in [4.78, 5) is 1.88. The molecular weight excluding hydrogens is 178 g/mol.